The quantitative estimate of drug-likeness (QED) is 0.782. The number of halogens is 3. The van der Waals surface area contributed by atoms with E-state index in [-0.39, 0.29) is 32.1 Å². The van der Waals surface area contributed by atoms with Crippen LogP contribution in [-0.4, -0.2) is 37.0 Å². The van der Waals surface area contributed by atoms with Gasteiger partial charge in [-0.25, -0.2) is 13.1 Å². The average Bonchev–Trinajstić information content (AvgIpc) is 2.37. The third-order valence-corrected chi connectivity index (χ3v) is 5.72. The smallest absolute Gasteiger partial charge is 0.391 e. The van der Waals surface area contributed by atoms with Gasteiger partial charge in [0.15, 0.2) is 0 Å². The van der Waals surface area contributed by atoms with Gasteiger partial charge in [-0.2, -0.15) is 13.2 Å². The molecule has 0 heterocycles. The molecular formula is C12H20F3NO4S. The summed E-state index contributed by atoms with van der Waals surface area (Å²) in [7, 11) is -3.92. The molecule has 1 rings (SSSR count). The highest BCUT2D eigenvalue weighted by Gasteiger charge is 2.44. The van der Waals surface area contributed by atoms with E-state index in [1.165, 1.54) is 0 Å². The Kier molecular flexibility index (Phi) is 6.03. The molecule has 21 heavy (non-hydrogen) atoms. The molecule has 124 valence electrons. The lowest BCUT2D eigenvalue weighted by Gasteiger charge is -2.30. The summed E-state index contributed by atoms with van der Waals surface area (Å²) in [6.45, 7) is 1.72. The van der Waals surface area contributed by atoms with Crippen molar-refractivity contribution in [3.8, 4) is 0 Å². The first-order chi connectivity index (χ1) is 9.58. The molecule has 0 radical (unpaired) electrons. The minimum absolute atomic E-state index is 0.0992. The van der Waals surface area contributed by atoms with Gasteiger partial charge in [-0.3, -0.25) is 4.79 Å². The average molecular weight is 331 g/mol. The van der Waals surface area contributed by atoms with Crippen LogP contribution in [0.1, 0.15) is 45.4 Å². The standard InChI is InChI=1S/C12H20F3NO4S/c1-2-3-10(11(17)18)16-21(19,20)9-6-4-8(5-7-9)12(13,14)15/h8-10,16H,2-7H2,1H3,(H,17,18). The van der Waals surface area contributed by atoms with Crippen LogP contribution in [-0.2, 0) is 14.8 Å². The van der Waals surface area contributed by atoms with E-state index in [0.717, 1.165) is 0 Å². The van der Waals surface area contributed by atoms with Gasteiger partial charge in [-0.05, 0) is 32.1 Å². The summed E-state index contributed by atoms with van der Waals surface area (Å²) < 4.78 is 63.9. The summed E-state index contributed by atoms with van der Waals surface area (Å²) in [4.78, 5) is 11.0. The number of aliphatic carboxylic acids is 1. The van der Waals surface area contributed by atoms with E-state index in [9.17, 15) is 26.4 Å². The highest BCUT2D eigenvalue weighted by Crippen LogP contribution is 2.39. The molecule has 0 amide bonds. The first-order valence-corrected chi connectivity index (χ1v) is 8.43. The SMILES string of the molecule is CCCC(NS(=O)(=O)C1CCC(C(F)(F)F)CC1)C(=O)O. The monoisotopic (exact) mass is 331 g/mol. The molecule has 0 spiro atoms. The number of hydrogen-bond donors (Lipinski definition) is 2. The molecule has 1 aliphatic rings. The predicted molar refractivity (Wildman–Crippen MR) is 70.2 cm³/mol. The van der Waals surface area contributed by atoms with Gasteiger partial charge in [0.25, 0.3) is 0 Å². The van der Waals surface area contributed by atoms with Crippen LogP contribution < -0.4 is 4.72 Å². The molecule has 1 unspecified atom stereocenters. The van der Waals surface area contributed by atoms with E-state index in [1.807, 2.05) is 0 Å². The Balaban J connectivity index is 2.66. The Hall–Kier alpha value is -0.830. The van der Waals surface area contributed by atoms with E-state index in [4.69, 9.17) is 5.11 Å². The molecule has 1 saturated carbocycles. The Labute approximate surface area is 122 Å². The van der Waals surface area contributed by atoms with Crippen LogP contribution in [0.15, 0.2) is 0 Å². The number of sulfonamides is 1. The summed E-state index contributed by atoms with van der Waals surface area (Å²) in [5.41, 5.74) is 0. The second-order valence-electron chi connectivity index (χ2n) is 5.36. The topological polar surface area (TPSA) is 83.5 Å². The normalized spacial score (nSPS) is 25.5. The number of nitrogens with one attached hydrogen (secondary N) is 1. The number of alkyl halides is 3. The fraction of sp³-hybridized carbons (Fsp3) is 0.917. The van der Waals surface area contributed by atoms with Crippen molar-refractivity contribution in [3.05, 3.63) is 0 Å². The number of carboxylic acids is 1. The zero-order chi connectivity index (χ0) is 16.3. The Morgan fingerprint density at radius 3 is 2.19 bits per heavy atom. The minimum atomic E-state index is -4.30. The third-order valence-electron chi connectivity index (χ3n) is 3.76. The van der Waals surface area contributed by atoms with Gasteiger partial charge < -0.3 is 5.11 Å². The molecular weight excluding hydrogens is 311 g/mol. The molecule has 1 aliphatic carbocycles. The molecule has 5 nitrogen and oxygen atoms in total. The number of carbonyl (C=O) groups is 1. The lowest BCUT2D eigenvalue weighted by Crippen LogP contribution is -2.46. The lowest BCUT2D eigenvalue weighted by atomic mass is 9.88. The Morgan fingerprint density at radius 1 is 1.29 bits per heavy atom. The fourth-order valence-corrected chi connectivity index (χ4v) is 4.22. The van der Waals surface area contributed by atoms with E-state index < -0.39 is 39.4 Å². The molecule has 0 aromatic heterocycles. The second kappa shape index (κ2) is 6.95. The minimum Gasteiger partial charge on any atom is -0.480 e. The molecule has 0 aromatic rings. The molecule has 2 N–H and O–H groups in total. The van der Waals surface area contributed by atoms with Crippen LogP contribution in [0.3, 0.4) is 0 Å². The maximum atomic E-state index is 12.5. The van der Waals surface area contributed by atoms with Crippen LogP contribution in [0.2, 0.25) is 0 Å². The summed E-state index contributed by atoms with van der Waals surface area (Å²) in [6, 6.07) is -1.22. The van der Waals surface area contributed by atoms with Gasteiger partial charge in [-0.15, -0.1) is 0 Å². The number of carboxylic acid groups (broad SMARTS) is 1. The van der Waals surface area contributed by atoms with Crippen molar-refractivity contribution in [2.45, 2.75) is 62.9 Å². The van der Waals surface area contributed by atoms with Crippen LogP contribution in [0.25, 0.3) is 0 Å². The van der Waals surface area contributed by atoms with Crippen molar-refractivity contribution in [2.75, 3.05) is 0 Å². The third kappa shape index (κ3) is 5.14. The van der Waals surface area contributed by atoms with Gasteiger partial charge in [0, 0.05) is 0 Å². The highest BCUT2D eigenvalue weighted by atomic mass is 32.2. The van der Waals surface area contributed by atoms with Gasteiger partial charge in [-0.1, -0.05) is 13.3 Å². The molecule has 0 aromatic carbocycles. The van der Waals surface area contributed by atoms with Crippen molar-refractivity contribution in [2.24, 2.45) is 5.92 Å². The van der Waals surface area contributed by atoms with Crippen LogP contribution in [0, 0.1) is 5.92 Å². The maximum absolute atomic E-state index is 12.5. The van der Waals surface area contributed by atoms with E-state index in [0.29, 0.717) is 6.42 Å². The highest BCUT2D eigenvalue weighted by molar-refractivity contribution is 7.90. The molecule has 0 saturated heterocycles. The zero-order valence-corrected chi connectivity index (χ0v) is 12.5. The van der Waals surface area contributed by atoms with E-state index in [2.05, 4.69) is 4.72 Å². The summed E-state index contributed by atoms with van der Waals surface area (Å²) in [5.74, 6) is -2.74. The zero-order valence-electron chi connectivity index (χ0n) is 11.7. The van der Waals surface area contributed by atoms with Gasteiger partial charge in [0.2, 0.25) is 10.0 Å². The summed E-state index contributed by atoms with van der Waals surface area (Å²) >= 11 is 0. The van der Waals surface area contributed by atoms with Crippen molar-refractivity contribution in [1.82, 2.24) is 4.72 Å². The first-order valence-electron chi connectivity index (χ1n) is 6.88. The van der Waals surface area contributed by atoms with Crippen LogP contribution in [0.5, 0.6) is 0 Å². The van der Waals surface area contributed by atoms with Crippen LogP contribution >= 0.6 is 0 Å². The molecule has 1 fully saturated rings. The van der Waals surface area contributed by atoms with Crippen molar-refractivity contribution in [3.63, 3.8) is 0 Å². The Morgan fingerprint density at radius 2 is 1.81 bits per heavy atom. The van der Waals surface area contributed by atoms with E-state index in [1.54, 1.807) is 6.92 Å². The molecule has 9 heteroatoms. The van der Waals surface area contributed by atoms with Crippen molar-refractivity contribution in [1.29, 1.82) is 0 Å². The van der Waals surface area contributed by atoms with E-state index >= 15 is 0 Å². The maximum Gasteiger partial charge on any atom is 0.391 e. The molecule has 1 atom stereocenters. The summed E-state index contributed by atoms with van der Waals surface area (Å²) in [6.07, 6.45) is -4.34. The Bertz CT molecular complexity index is 456. The fourth-order valence-electron chi connectivity index (χ4n) is 2.52. The largest absolute Gasteiger partial charge is 0.480 e. The predicted octanol–water partition coefficient (Wildman–Crippen LogP) is 2.28. The van der Waals surface area contributed by atoms with Gasteiger partial charge >= 0.3 is 12.1 Å². The first kappa shape index (κ1) is 18.2. The summed E-state index contributed by atoms with van der Waals surface area (Å²) in [5, 5.41) is 7.99. The van der Waals surface area contributed by atoms with Crippen LogP contribution in [0.4, 0.5) is 13.2 Å². The lowest BCUT2D eigenvalue weighted by molar-refractivity contribution is -0.181. The number of rotatable bonds is 6. The second-order valence-corrected chi connectivity index (χ2v) is 7.35. The van der Waals surface area contributed by atoms with Gasteiger partial charge in [0.1, 0.15) is 6.04 Å². The van der Waals surface area contributed by atoms with Crippen molar-refractivity contribution >= 4 is 16.0 Å². The number of hydrogen-bond acceptors (Lipinski definition) is 3. The van der Waals surface area contributed by atoms with Gasteiger partial charge in [0.05, 0.1) is 11.2 Å². The molecule has 0 bridgehead atoms. The molecule has 0 aliphatic heterocycles. The van der Waals surface area contributed by atoms with Crippen molar-refractivity contribution < 1.29 is 31.5 Å².